The van der Waals surface area contributed by atoms with Gasteiger partial charge in [-0.1, -0.05) is 60.7 Å². The third kappa shape index (κ3) is 3.25. The molecule has 1 heterocycles. The topological polar surface area (TPSA) is 32.5 Å². The first-order valence-electron chi connectivity index (χ1n) is 6.95. The van der Waals surface area contributed by atoms with E-state index in [1.54, 1.807) is 0 Å². The van der Waals surface area contributed by atoms with Gasteiger partial charge in [0.2, 0.25) is 0 Å². The molecule has 0 unspecified atom stereocenters. The molecule has 0 spiro atoms. The average molecular weight is 285 g/mol. The average Bonchev–Trinajstić information content (AvgIpc) is 2.83. The third-order valence-electron chi connectivity index (χ3n) is 3.61. The van der Waals surface area contributed by atoms with Crippen LogP contribution < -0.4 is 5.50 Å². The van der Waals surface area contributed by atoms with E-state index < -0.39 is 8.37 Å². The first-order valence-corrected chi connectivity index (χ1v) is 8.27. The van der Waals surface area contributed by atoms with Crippen molar-refractivity contribution in [2.24, 2.45) is 5.50 Å². The van der Waals surface area contributed by atoms with Crippen molar-refractivity contribution in [1.29, 1.82) is 0 Å². The summed E-state index contributed by atoms with van der Waals surface area (Å²) in [5.74, 6) is 0. The zero-order valence-electron chi connectivity index (χ0n) is 11.5. The van der Waals surface area contributed by atoms with Gasteiger partial charge in [-0.2, -0.15) is 0 Å². The van der Waals surface area contributed by atoms with E-state index in [2.05, 4.69) is 70.0 Å². The number of hydrogen-bond acceptors (Lipinski definition) is 3. The van der Waals surface area contributed by atoms with Crippen LogP contribution in [0.2, 0.25) is 0 Å². The Morgan fingerprint density at radius 1 is 0.750 bits per heavy atom. The minimum Gasteiger partial charge on any atom is -0.285 e. The van der Waals surface area contributed by atoms with Gasteiger partial charge in [-0.3, -0.25) is 14.8 Å². The minimum absolute atomic E-state index is 0.673. The fourth-order valence-corrected chi connectivity index (χ4v) is 4.07. The summed E-state index contributed by atoms with van der Waals surface area (Å²) in [5.41, 5.74) is 9.12. The van der Waals surface area contributed by atoms with Gasteiger partial charge in [-0.05, 0) is 11.1 Å². The summed E-state index contributed by atoms with van der Waals surface area (Å²) in [6.07, 6.45) is 0. The lowest BCUT2D eigenvalue weighted by Gasteiger charge is -2.25. The molecule has 1 aliphatic heterocycles. The molecule has 2 aromatic carbocycles. The van der Waals surface area contributed by atoms with Crippen LogP contribution in [-0.4, -0.2) is 22.4 Å². The Morgan fingerprint density at radius 3 is 1.55 bits per heavy atom. The van der Waals surface area contributed by atoms with Crippen LogP contribution in [-0.2, 0) is 13.1 Å². The van der Waals surface area contributed by atoms with Crippen LogP contribution >= 0.6 is 8.37 Å². The van der Waals surface area contributed by atoms with Crippen molar-refractivity contribution >= 4 is 8.37 Å². The monoisotopic (exact) mass is 285 g/mol. The van der Waals surface area contributed by atoms with Crippen LogP contribution in [0.3, 0.4) is 0 Å². The van der Waals surface area contributed by atoms with Gasteiger partial charge in [0, 0.05) is 26.2 Å². The maximum Gasteiger partial charge on any atom is 0.115 e. The SMILES string of the molecule is NP1N(Cc2ccccc2)CCN1Cc1ccccc1. The number of nitrogens with zero attached hydrogens (tertiary/aromatic N) is 2. The van der Waals surface area contributed by atoms with Crippen molar-refractivity contribution in [3.63, 3.8) is 0 Å². The van der Waals surface area contributed by atoms with Crippen molar-refractivity contribution in [3.8, 4) is 0 Å². The predicted octanol–water partition coefficient (Wildman–Crippen LogP) is 3.19. The number of nitrogens with two attached hydrogens (primary N) is 1. The van der Waals surface area contributed by atoms with Gasteiger partial charge >= 0.3 is 0 Å². The standard InChI is InChI=1S/C16H20N3P/c17-20-18(13-15-7-3-1-4-8-15)11-12-19(20)14-16-9-5-2-6-10-16/h1-10H,11-14,17H2. The van der Waals surface area contributed by atoms with Crippen LogP contribution in [0.5, 0.6) is 0 Å². The highest BCUT2D eigenvalue weighted by atomic mass is 31.1. The van der Waals surface area contributed by atoms with Crippen molar-refractivity contribution in [3.05, 3.63) is 71.8 Å². The lowest BCUT2D eigenvalue weighted by molar-refractivity contribution is 0.458. The van der Waals surface area contributed by atoms with Gasteiger partial charge in [0.05, 0.1) is 0 Å². The van der Waals surface area contributed by atoms with Gasteiger partial charge in [0.1, 0.15) is 8.37 Å². The summed E-state index contributed by atoms with van der Waals surface area (Å²) in [7, 11) is -0.673. The molecular formula is C16H20N3P. The molecule has 1 fully saturated rings. The molecule has 0 atom stereocenters. The molecule has 2 N–H and O–H groups in total. The normalized spacial score (nSPS) is 17.6. The molecule has 0 radical (unpaired) electrons. The second kappa shape index (κ2) is 6.47. The third-order valence-corrected chi connectivity index (χ3v) is 5.45. The second-order valence-corrected chi connectivity index (χ2v) is 6.84. The largest absolute Gasteiger partial charge is 0.285 e. The van der Waals surface area contributed by atoms with Crippen LogP contribution in [0.15, 0.2) is 60.7 Å². The zero-order chi connectivity index (χ0) is 13.8. The lowest BCUT2D eigenvalue weighted by Crippen LogP contribution is -2.20. The molecule has 3 rings (SSSR count). The Morgan fingerprint density at radius 2 is 1.15 bits per heavy atom. The Kier molecular flexibility index (Phi) is 4.44. The maximum atomic E-state index is 6.44. The Bertz CT molecular complexity index is 482. The smallest absolute Gasteiger partial charge is 0.115 e. The second-order valence-electron chi connectivity index (χ2n) is 5.07. The molecule has 4 heteroatoms. The highest BCUT2D eigenvalue weighted by Gasteiger charge is 2.29. The van der Waals surface area contributed by atoms with Gasteiger partial charge in [0.15, 0.2) is 0 Å². The number of hydrogen-bond donors (Lipinski definition) is 1. The molecule has 0 bridgehead atoms. The summed E-state index contributed by atoms with van der Waals surface area (Å²) in [4.78, 5) is 0. The molecule has 0 aromatic heterocycles. The Hall–Kier alpha value is -1.25. The van der Waals surface area contributed by atoms with Crippen molar-refractivity contribution in [2.45, 2.75) is 13.1 Å². The molecule has 1 saturated heterocycles. The highest BCUT2D eigenvalue weighted by Crippen LogP contribution is 2.43. The van der Waals surface area contributed by atoms with E-state index >= 15 is 0 Å². The van der Waals surface area contributed by atoms with Crippen molar-refractivity contribution < 1.29 is 0 Å². The van der Waals surface area contributed by atoms with Gasteiger partial charge in [-0.15, -0.1) is 0 Å². The summed E-state index contributed by atoms with van der Waals surface area (Å²) in [5, 5.41) is 0. The van der Waals surface area contributed by atoms with E-state index in [9.17, 15) is 0 Å². The fourth-order valence-electron chi connectivity index (χ4n) is 2.51. The van der Waals surface area contributed by atoms with Crippen LogP contribution in [0, 0.1) is 0 Å². The number of benzene rings is 2. The molecule has 0 saturated carbocycles. The van der Waals surface area contributed by atoms with E-state index in [1.807, 2.05) is 0 Å². The van der Waals surface area contributed by atoms with Gasteiger partial charge < -0.3 is 0 Å². The Labute approximate surface area is 121 Å². The molecule has 3 nitrogen and oxygen atoms in total. The van der Waals surface area contributed by atoms with Crippen molar-refractivity contribution in [1.82, 2.24) is 9.34 Å². The number of rotatable bonds is 4. The predicted molar refractivity (Wildman–Crippen MR) is 84.8 cm³/mol. The van der Waals surface area contributed by atoms with E-state index in [1.165, 1.54) is 11.1 Å². The van der Waals surface area contributed by atoms with Crippen molar-refractivity contribution in [2.75, 3.05) is 13.1 Å². The zero-order valence-corrected chi connectivity index (χ0v) is 12.4. The first kappa shape index (κ1) is 13.7. The fraction of sp³-hybridized carbons (Fsp3) is 0.250. The van der Waals surface area contributed by atoms with Gasteiger partial charge in [-0.25, -0.2) is 0 Å². The highest BCUT2D eigenvalue weighted by molar-refractivity contribution is 7.50. The summed E-state index contributed by atoms with van der Waals surface area (Å²) in [6.45, 7) is 4.02. The molecule has 20 heavy (non-hydrogen) atoms. The summed E-state index contributed by atoms with van der Waals surface area (Å²) < 4.78 is 4.79. The quantitative estimate of drug-likeness (QED) is 0.876. The molecular weight excluding hydrogens is 265 g/mol. The van der Waals surface area contributed by atoms with Crippen LogP contribution in [0.1, 0.15) is 11.1 Å². The van der Waals surface area contributed by atoms with E-state index in [0.29, 0.717) is 0 Å². The van der Waals surface area contributed by atoms with E-state index in [-0.39, 0.29) is 0 Å². The molecule has 0 aliphatic carbocycles. The summed E-state index contributed by atoms with van der Waals surface area (Å²) in [6, 6.07) is 21.1. The Balaban J connectivity index is 1.61. The maximum absolute atomic E-state index is 6.44. The molecule has 104 valence electrons. The summed E-state index contributed by atoms with van der Waals surface area (Å²) >= 11 is 0. The minimum atomic E-state index is -0.673. The van der Waals surface area contributed by atoms with Crippen LogP contribution in [0.25, 0.3) is 0 Å². The van der Waals surface area contributed by atoms with E-state index in [0.717, 1.165) is 26.2 Å². The lowest BCUT2D eigenvalue weighted by atomic mass is 10.2. The molecule has 0 amide bonds. The molecule has 2 aromatic rings. The van der Waals surface area contributed by atoms with E-state index in [4.69, 9.17) is 5.50 Å². The molecule has 1 aliphatic rings. The van der Waals surface area contributed by atoms with Gasteiger partial charge in [0.25, 0.3) is 0 Å². The first-order chi connectivity index (χ1) is 9.83. The van der Waals surface area contributed by atoms with Crippen LogP contribution in [0.4, 0.5) is 0 Å².